The van der Waals surface area contributed by atoms with E-state index in [4.69, 9.17) is 21.7 Å². The van der Waals surface area contributed by atoms with E-state index in [1.54, 1.807) is 0 Å². The number of hydrogen-bond donors (Lipinski definition) is 2. The molecule has 0 spiro atoms. The van der Waals surface area contributed by atoms with Gasteiger partial charge < -0.3 is 24.7 Å². The van der Waals surface area contributed by atoms with Crippen LogP contribution in [-0.2, 0) is 13.0 Å². The quantitative estimate of drug-likeness (QED) is 0.525. The number of aromatic nitrogens is 1. The third-order valence-corrected chi connectivity index (χ3v) is 6.94. The summed E-state index contributed by atoms with van der Waals surface area (Å²) >= 11 is 5.84. The summed E-state index contributed by atoms with van der Waals surface area (Å²) in [6, 6.07) is 16.5. The summed E-state index contributed by atoms with van der Waals surface area (Å²) in [4.78, 5) is 18.2. The minimum absolute atomic E-state index is 0.0886. The highest BCUT2D eigenvalue weighted by Gasteiger charge is 2.25. The number of hydrogen-bond acceptors (Lipinski definition) is 4. The van der Waals surface area contributed by atoms with E-state index in [9.17, 15) is 4.79 Å². The van der Waals surface area contributed by atoms with Crippen LogP contribution in [0.3, 0.4) is 0 Å². The predicted molar refractivity (Wildman–Crippen MR) is 134 cm³/mol. The normalized spacial score (nSPS) is 15.5. The Kier molecular flexibility index (Phi) is 6.48. The van der Waals surface area contributed by atoms with Gasteiger partial charge in [-0.2, -0.15) is 0 Å². The molecule has 2 aliphatic rings. The van der Waals surface area contributed by atoms with Gasteiger partial charge >= 0.3 is 0 Å². The number of aromatic amines is 1. The molecule has 0 saturated heterocycles. The van der Waals surface area contributed by atoms with Crippen LogP contribution in [0, 0.1) is 0 Å². The summed E-state index contributed by atoms with van der Waals surface area (Å²) in [7, 11) is 0. The minimum Gasteiger partial charge on any atom is -0.454 e. The zero-order valence-corrected chi connectivity index (χ0v) is 19.5. The Morgan fingerprint density at radius 3 is 2.61 bits per heavy atom. The topological polar surface area (TPSA) is 66.6 Å². The molecule has 1 aliphatic carbocycles. The number of ether oxygens (including phenoxy) is 2. The number of nitrogens with zero attached hydrogens (tertiary/aromatic N) is 1. The highest BCUT2D eigenvalue weighted by Crippen LogP contribution is 2.35. The van der Waals surface area contributed by atoms with Crippen molar-refractivity contribution < 1.29 is 9.47 Å². The van der Waals surface area contributed by atoms with Gasteiger partial charge in [0.25, 0.3) is 5.56 Å². The molecule has 1 saturated carbocycles. The third kappa shape index (κ3) is 4.98. The molecule has 2 heterocycles. The van der Waals surface area contributed by atoms with Gasteiger partial charge in [0.2, 0.25) is 6.79 Å². The van der Waals surface area contributed by atoms with Crippen LogP contribution in [0.1, 0.15) is 43.2 Å². The van der Waals surface area contributed by atoms with Crippen LogP contribution in [0.5, 0.6) is 11.5 Å². The number of rotatable bonds is 6. The van der Waals surface area contributed by atoms with Crippen LogP contribution >= 0.6 is 12.2 Å². The van der Waals surface area contributed by atoms with Gasteiger partial charge in [-0.25, -0.2) is 0 Å². The van der Waals surface area contributed by atoms with Crippen molar-refractivity contribution in [1.29, 1.82) is 0 Å². The van der Waals surface area contributed by atoms with Crippen LogP contribution in [-0.4, -0.2) is 34.4 Å². The van der Waals surface area contributed by atoms with Crippen molar-refractivity contribution >= 4 is 28.2 Å². The van der Waals surface area contributed by atoms with Crippen molar-refractivity contribution in [3.63, 3.8) is 0 Å². The lowest BCUT2D eigenvalue weighted by Gasteiger charge is -2.36. The molecule has 0 atom stereocenters. The van der Waals surface area contributed by atoms with E-state index >= 15 is 0 Å². The largest absolute Gasteiger partial charge is 0.454 e. The van der Waals surface area contributed by atoms with Crippen LogP contribution in [0.4, 0.5) is 0 Å². The van der Waals surface area contributed by atoms with Gasteiger partial charge in [0.1, 0.15) is 0 Å². The number of benzene rings is 2. The fourth-order valence-corrected chi connectivity index (χ4v) is 5.08. The van der Waals surface area contributed by atoms with Gasteiger partial charge in [0.15, 0.2) is 16.6 Å². The summed E-state index contributed by atoms with van der Waals surface area (Å²) < 4.78 is 11.0. The van der Waals surface area contributed by atoms with Crippen molar-refractivity contribution in [3.05, 3.63) is 70.0 Å². The second-order valence-electron chi connectivity index (χ2n) is 8.80. The lowest BCUT2D eigenvalue weighted by atomic mass is 9.94. The number of thiocarbonyl (C=S) groups is 1. The highest BCUT2D eigenvalue weighted by molar-refractivity contribution is 7.80. The minimum atomic E-state index is -0.0886. The maximum absolute atomic E-state index is 13.0. The smallest absolute Gasteiger partial charge is 0.253 e. The Morgan fingerprint density at radius 1 is 1.06 bits per heavy atom. The molecule has 3 aromatic rings. The summed E-state index contributed by atoms with van der Waals surface area (Å²) in [6.45, 7) is 1.46. The fraction of sp³-hybridized carbons (Fsp3) is 0.385. The second-order valence-corrected chi connectivity index (χ2v) is 9.19. The molecule has 0 bridgehead atoms. The van der Waals surface area contributed by atoms with Crippen LogP contribution < -0.4 is 20.3 Å². The van der Waals surface area contributed by atoms with Crippen LogP contribution in [0.15, 0.2) is 53.3 Å². The molecule has 2 N–H and O–H groups in total. The Morgan fingerprint density at radius 2 is 1.82 bits per heavy atom. The Bertz CT molecular complexity index is 1190. The molecule has 1 aliphatic heterocycles. The number of fused-ring (bicyclic) bond motifs is 2. The van der Waals surface area contributed by atoms with Gasteiger partial charge in [0, 0.05) is 29.6 Å². The summed E-state index contributed by atoms with van der Waals surface area (Å²) in [5, 5.41) is 5.10. The lowest BCUT2D eigenvalue weighted by molar-refractivity contribution is 0.174. The monoisotopic (exact) mass is 463 g/mol. The van der Waals surface area contributed by atoms with Gasteiger partial charge in [0.05, 0.1) is 12.1 Å². The molecule has 33 heavy (non-hydrogen) atoms. The second kappa shape index (κ2) is 9.83. The molecule has 172 valence electrons. The molecular weight excluding hydrogens is 434 g/mol. The molecule has 2 aromatic carbocycles. The first-order valence-electron chi connectivity index (χ1n) is 11.7. The van der Waals surface area contributed by atoms with Crippen molar-refractivity contribution in [2.24, 2.45) is 0 Å². The maximum Gasteiger partial charge on any atom is 0.253 e. The van der Waals surface area contributed by atoms with Gasteiger partial charge in [-0.1, -0.05) is 49.6 Å². The number of nitrogens with one attached hydrogen (secondary N) is 2. The molecule has 0 unspecified atom stereocenters. The van der Waals surface area contributed by atoms with Crippen molar-refractivity contribution in [2.75, 3.05) is 13.3 Å². The van der Waals surface area contributed by atoms with Gasteiger partial charge in [-0.15, -0.1) is 0 Å². The Hall–Kier alpha value is -3.06. The van der Waals surface area contributed by atoms with E-state index in [-0.39, 0.29) is 12.4 Å². The van der Waals surface area contributed by atoms with E-state index in [0.717, 1.165) is 41.8 Å². The summed E-state index contributed by atoms with van der Waals surface area (Å²) in [5.74, 6) is 1.38. The lowest BCUT2D eigenvalue weighted by Crippen LogP contribution is -2.47. The molecule has 1 fully saturated rings. The van der Waals surface area contributed by atoms with E-state index in [1.807, 2.05) is 24.3 Å². The van der Waals surface area contributed by atoms with E-state index in [1.165, 1.54) is 24.8 Å². The zero-order valence-electron chi connectivity index (χ0n) is 18.6. The summed E-state index contributed by atoms with van der Waals surface area (Å²) in [5.41, 5.74) is 2.65. The first kappa shape index (κ1) is 21.8. The van der Waals surface area contributed by atoms with Crippen LogP contribution in [0.2, 0.25) is 0 Å². The third-order valence-electron chi connectivity index (χ3n) is 6.56. The van der Waals surface area contributed by atoms with Crippen LogP contribution in [0.25, 0.3) is 10.9 Å². The van der Waals surface area contributed by atoms with Gasteiger partial charge in [-0.05, 0) is 49.2 Å². The Balaban J connectivity index is 1.35. The van der Waals surface area contributed by atoms with Crippen molar-refractivity contribution in [3.8, 4) is 11.5 Å². The summed E-state index contributed by atoms with van der Waals surface area (Å²) in [6.07, 6.45) is 6.78. The molecule has 0 amide bonds. The fourth-order valence-electron chi connectivity index (χ4n) is 4.76. The van der Waals surface area contributed by atoms with Crippen molar-refractivity contribution in [2.45, 2.75) is 51.1 Å². The molecule has 7 heteroatoms. The number of pyridine rings is 1. The first-order chi connectivity index (χ1) is 16.2. The molecule has 0 radical (unpaired) electrons. The average molecular weight is 464 g/mol. The molecule has 5 rings (SSSR count). The zero-order chi connectivity index (χ0) is 22.6. The molecule has 1 aromatic heterocycles. The molecular formula is C26H29N3O3S. The predicted octanol–water partition coefficient (Wildman–Crippen LogP) is 4.51. The highest BCUT2D eigenvalue weighted by atomic mass is 32.1. The maximum atomic E-state index is 13.0. The number of H-pyrrole nitrogens is 1. The van der Waals surface area contributed by atoms with E-state index in [0.29, 0.717) is 29.6 Å². The Labute approximate surface area is 198 Å². The standard InChI is InChI=1S/C26H29N3O3S/c30-25-20(13-19-14-23-24(32-17-31-23)15-22(19)28-25)16-29(21-9-5-2-6-10-21)26(33)27-12-11-18-7-3-1-4-8-18/h1,3-4,7-8,13-15,21H,2,5-6,9-12,16-17H2,(H,27,33)(H,28,30). The van der Waals surface area contributed by atoms with E-state index < -0.39 is 0 Å². The van der Waals surface area contributed by atoms with Gasteiger partial charge in [-0.3, -0.25) is 4.79 Å². The van der Waals surface area contributed by atoms with Crippen molar-refractivity contribution in [1.82, 2.24) is 15.2 Å². The SMILES string of the molecule is O=c1[nH]c2cc3c(cc2cc1CN(C(=S)NCCc1ccccc1)C1CCCCC1)OCO3. The first-order valence-corrected chi connectivity index (χ1v) is 12.1. The molecule has 6 nitrogen and oxygen atoms in total. The average Bonchev–Trinajstić information content (AvgIpc) is 3.29. The van der Waals surface area contributed by atoms with E-state index in [2.05, 4.69) is 39.5 Å².